The topological polar surface area (TPSA) is 47.3 Å². The van der Waals surface area contributed by atoms with Gasteiger partial charge in [0.25, 0.3) is 0 Å². The van der Waals surface area contributed by atoms with Crippen molar-refractivity contribution < 1.29 is 4.79 Å². The summed E-state index contributed by atoms with van der Waals surface area (Å²) in [6.07, 6.45) is 0.574. The molecule has 0 aromatic heterocycles. The van der Waals surface area contributed by atoms with Crippen molar-refractivity contribution in [2.75, 3.05) is 26.2 Å². The van der Waals surface area contributed by atoms with Gasteiger partial charge in [0.05, 0.1) is 6.07 Å². The Kier molecular flexibility index (Phi) is 4.53. The molecule has 96 valence electrons. The van der Waals surface area contributed by atoms with Crippen molar-refractivity contribution in [3.63, 3.8) is 0 Å². The number of nitriles is 1. The van der Waals surface area contributed by atoms with Crippen LogP contribution in [0.3, 0.4) is 0 Å². The van der Waals surface area contributed by atoms with Gasteiger partial charge in [-0.3, -0.25) is 9.69 Å². The SMILES string of the molecule is CCN1CCN(C(=O)C(C)(C#N)CC)CC1C. The molecule has 1 heterocycles. The van der Waals surface area contributed by atoms with Crippen LogP contribution in [-0.4, -0.2) is 47.9 Å². The van der Waals surface area contributed by atoms with Gasteiger partial charge in [0.2, 0.25) is 5.91 Å². The van der Waals surface area contributed by atoms with E-state index >= 15 is 0 Å². The number of carbonyl (C=O) groups excluding carboxylic acids is 1. The monoisotopic (exact) mass is 237 g/mol. The highest BCUT2D eigenvalue weighted by Gasteiger charge is 2.37. The van der Waals surface area contributed by atoms with Gasteiger partial charge < -0.3 is 4.90 Å². The van der Waals surface area contributed by atoms with E-state index in [1.54, 1.807) is 6.92 Å². The smallest absolute Gasteiger partial charge is 0.242 e. The number of nitrogens with zero attached hydrogens (tertiary/aromatic N) is 3. The second-order valence-corrected chi connectivity index (χ2v) is 5.03. The Hall–Kier alpha value is -1.08. The Bertz CT molecular complexity index is 323. The van der Waals surface area contributed by atoms with Crippen LogP contribution in [-0.2, 0) is 4.79 Å². The Morgan fingerprint density at radius 3 is 2.53 bits per heavy atom. The first-order valence-corrected chi connectivity index (χ1v) is 6.43. The highest BCUT2D eigenvalue weighted by molar-refractivity contribution is 5.85. The summed E-state index contributed by atoms with van der Waals surface area (Å²) in [6, 6.07) is 2.55. The van der Waals surface area contributed by atoms with Gasteiger partial charge in [0, 0.05) is 25.7 Å². The third-order valence-corrected chi connectivity index (χ3v) is 3.88. The summed E-state index contributed by atoms with van der Waals surface area (Å²) in [5.41, 5.74) is -0.853. The van der Waals surface area contributed by atoms with Gasteiger partial charge in [-0.2, -0.15) is 5.26 Å². The highest BCUT2D eigenvalue weighted by Crippen LogP contribution is 2.24. The molecule has 0 aromatic carbocycles. The van der Waals surface area contributed by atoms with Crippen molar-refractivity contribution in [2.45, 2.75) is 40.2 Å². The van der Waals surface area contributed by atoms with E-state index in [0.29, 0.717) is 12.5 Å². The van der Waals surface area contributed by atoms with Gasteiger partial charge >= 0.3 is 0 Å². The van der Waals surface area contributed by atoms with Crippen LogP contribution in [0, 0.1) is 16.7 Å². The summed E-state index contributed by atoms with van der Waals surface area (Å²) in [7, 11) is 0. The van der Waals surface area contributed by atoms with Crippen molar-refractivity contribution in [3.05, 3.63) is 0 Å². The summed E-state index contributed by atoms with van der Waals surface area (Å²) >= 11 is 0. The molecule has 4 nitrogen and oxygen atoms in total. The maximum absolute atomic E-state index is 12.3. The number of amides is 1. The third kappa shape index (κ3) is 2.78. The van der Waals surface area contributed by atoms with Crippen LogP contribution in [0.15, 0.2) is 0 Å². The first-order valence-electron chi connectivity index (χ1n) is 6.43. The van der Waals surface area contributed by atoms with E-state index in [1.165, 1.54) is 0 Å². The molecule has 0 radical (unpaired) electrons. The standard InChI is InChI=1S/C13H23N3O/c1-5-13(4,10-14)12(17)16-8-7-15(6-2)11(3)9-16/h11H,5-9H2,1-4H3. The molecule has 0 aliphatic carbocycles. The lowest BCUT2D eigenvalue weighted by Gasteiger charge is -2.41. The summed E-state index contributed by atoms with van der Waals surface area (Å²) in [5.74, 6) is -0.00916. The van der Waals surface area contributed by atoms with Crippen molar-refractivity contribution in [1.82, 2.24) is 9.80 Å². The number of likely N-dealkylation sites (N-methyl/N-ethyl adjacent to an activating group) is 1. The largest absolute Gasteiger partial charge is 0.338 e. The van der Waals surface area contributed by atoms with Crippen molar-refractivity contribution >= 4 is 5.91 Å². The molecule has 0 saturated carbocycles. The van der Waals surface area contributed by atoms with E-state index in [1.807, 2.05) is 11.8 Å². The second-order valence-electron chi connectivity index (χ2n) is 5.03. The molecule has 2 atom stereocenters. The quantitative estimate of drug-likeness (QED) is 0.747. The zero-order valence-electron chi connectivity index (χ0n) is 11.4. The molecular formula is C13H23N3O. The number of carbonyl (C=O) groups is 1. The molecule has 0 N–H and O–H groups in total. The molecule has 1 saturated heterocycles. The average molecular weight is 237 g/mol. The Morgan fingerprint density at radius 2 is 2.12 bits per heavy atom. The molecule has 0 spiro atoms. The summed E-state index contributed by atoms with van der Waals surface area (Å²) in [4.78, 5) is 16.5. The zero-order chi connectivity index (χ0) is 13.1. The van der Waals surface area contributed by atoms with Crippen LogP contribution in [0.4, 0.5) is 0 Å². The van der Waals surface area contributed by atoms with E-state index < -0.39 is 5.41 Å². The van der Waals surface area contributed by atoms with Crippen molar-refractivity contribution in [1.29, 1.82) is 5.26 Å². The fourth-order valence-corrected chi connectivity index (χ4v) is 2.28. The molecule has 0 aromatic rings. The van der Waals surface area contributed by atoms with Gasteiger partial charge in [-0.25, -0.2) is 0 Å². The zero-order valence-corrected chi connectivity index (χ0v) is 11.4. The maximum atomic E-state index is 12.3. The van der Waals surface area contributed by atoms with Crippen LogP contribution >= 0.6 is 0 Å². The Balaban J connectivity index is 2.71. The van der Waals surface area contributed by atoms with Crippen LogP contribution in [0.2, 0.25) is 0 Å². The van der Waals surface area contributed by atoms with Crippen LogP contribution in [0.25, 0.3) is 0 Å². The lowest BCUT2D eigenvalue weighted by atomic mass is 9.87. The van der Waals surface area contributed by atoms with Crippen molar-refractivity contribution in [2.24, 2.45) is 5.41 Å². The van der Waals surface area contributed by atoms with Gasteiger partial charge in [-0.1, -0.05) is 13.8 Å². The van der Waals surface area contributed by atoms with Crippen molar-refractivity contribution in [3.8, 4) is 6.07 Å². The number of rotatable bonds is 3. The summed E-state index contributed by atoms with van der Waals surface area (Å²) in [6.45, 7) is 11.3. The molecule has 2 unspecified atom stereocenters. The molecule has 4 heteroatoms. The molecule has 1 aliphatic rings. The lowest BCUT2D eigenvalue weighted by molar-refractivity contribution is -0.141. The summed E-state index contributed by atoms with van der Waals surface area (Å²) in [5, 5.41) is 9.14. The normalized spacial score (nSPS) is 25.1. The van der Waals surface area contributed by atoms with Crippen LogP contribution in [0.1, 0.15) is 34.1 Å². The minimum Gasteiger partial charge on any atom is -0.338 e. The van der Waals surface area contributed by atoms with E-state index in [9.17, 15) is 4.79 Å². The molecule has 1 rings (SSSR count). The predicted octanol–water partition coefficient (Wildman–Crippen LogP) is 1.48. The summed E-state index contributed by atoms with van der Waals surface area (Å²) < 4.78 is 0. The average Bonchev–Trinajstić information content (AvgIpc) is 2.36. The maximum Gasteiger partial charge on any atom is 0.242 e. The first kappa shape index (κ1) is 14.0. The van der Waals surface area contributed by atoms with E-state index in [4.69, 9.17) is 5.26 Å². The van der Waals surface area contributed by atoms with Gasteiger partial charge in [0.1, 0.15) is 5.41 Å². The number of hydrogen-bond acceptors (Lipinski definition) is 3. The Morgan fingerprint density at radius 1 is 1.47 bits per heavy atom. The van der Waals surface area contributed by atoms with Gasteiger partial charge in [-0.15, -0.1) is 0 Å². The molecule has 1 fully saturated rings. The van der Waals surface area contributed by atoms with Gasteiger partial charge in [-0.05, 0) is 26.8 Å². The minimum absolute atomic E-state index is 0.00916. The molecule has 1 amide bonds. The van der Waals surface area contributed by atoms with Crippen LogP contribution in [0.5, 0.6) is 0 Å². The minimum atomic E-state index is -0.853. The lowest BCUT2D eigenvalue weighted by Crippen LogP contribution is -2.56. The molecule has 17 heavy (non-hydrogen) atoms. The molecule has 0 bridgehead atoms. The predicted molar refractivity (Wildman–Crippen MR) is 67.3 cm³/mol. The fraction of sp³-hybridized carbons (Fsp3) is 0.846. The fourth-order valence-electron chi connectivity index (χ4n) is 2.28. The third-order valence-electron chi connectivity index (χ3n) is 3.88. The Labute approximate surface area is 104 Å². The van der Waals surface area contributed by atoms with Crippen LogP contribution < -0.4 is 0 Å². The second kappa shape index (κ2) is 5.50. The van der Waals surface area contributed by atoms with E-state index in [-0.39, 0.29) is 5.91 Å². The van der Waals surface area contributed by atoms with Gasteiger partial charge in [0.15, 0.2) is 0 Å². The first-order chi connectivity index (χ1) is 7.98. The molecular weight excluding hydrogens is 214 g/mol. The highest BCUT2D eigenvalue weighted by atomic mass is 16.2. The number of hydrogen-bond donors (Lipinski definition) is 0. The number of piperazine rings is 1. The van der Waals surface area contributed by atoms with E-state index in [2.05, 4.69) is 24.8 Å². The van der Waals surface area contributed by atoms with E-state index in [0.717, 1.165) is 26.2 Å². The molecule has 1 aliphatic heterocycles.